The number of thioether (sulfide) groups is 1. The molecule has 0 aromatic carbocycles. The zero-order valence-corrected chi connectivity index (χ0v) is 12.3. The van der Waals surface area contributed by atoms with Crippen LogP contribution in [-0.4, -0.2) is 64.1 Å². The monoisotopic (exact) mass is 340 g/mol. The quantitative estimate of drug-likeness (QED) is 0.777. The number of nitrogens with zero attached hydrogens (tertiary/aromatic N) is 1. The second-order valence-corrected chi connectivity index (χ2v) is 6.57. The fourth-order valence-corrected chi connectivity index (χ4v) is 3.87. The Kier molecular flexibility index (Phi) is 4.59. The van der Waals surface area contributed by atoms with Crippen LogP contribution in [0.25, 0.3) is 0 Å². The third-order valence-corrected chi connectivity index (χ3v) is 4.94. The summed E-state index contributed by atoms with van der Waals surface area (Å²) in [5.41, 5.74) is -1.39. The first-order valence-electron chi connectivity index (χ1n) is 6.61. The molecule has 2 saturated heterocycles. The van der Waals surface area contributed by atoms with Gasteiger partial charge in [0.05, 0.1) is 5.92 Å². The molecule has 10 heteroatoms. The summed E-state index contributed by atoms with van der Waals surface area (Å²) in [6, 6.07) is 0. The average Bonchev–Trinajstić information content (AvgIpc) is 2.97. The third-order valence-electron chi connectivity index (χ3n) is 3.75. The van der Waals surface area contributed by atoms with Crippen molar-refractivity contribution in [2.45, 2.75) is 24.6 Å². The molecule has 22 heavy (non-hydrogen) atoms. The second kappa shape index (κ2) is 5.98. The maximum atomic E-state index is 12.3. The molecule has 2 aliphatic rings. The molecule has 2 atom stereocenters. The summed E-state index contributed by atoms with van der Waals surface area (Å²) in [4.78, 5) is 35.6. The highest BCUT2D eigenvalue weighted by Gasteiger charge is 2.46. The first-order valence-corrected chi connectivity index (χ1v) is 7.76. The van der Waals surface area contributed by atoms with Crippen LogP contribution in [0.3, 0.4) is 0 Å². The van der Waals surface area contributed by atoms with E-state index in [1.807, 2.05) is 0 Å². The summed E-state index contributed by atoms with van der Waals surface area (Å²) in [5, 5.41) is 11.7. The lowest BCUT2D eigenvalue weighted by molar-refractivity contribution is -0.157. The SMILES string of the molecule is O=C(N[C@]1(C(=O)O)CCSC1)[C@H]1CC(=O)N(CC(F)(F)F)C1. The van der Waals surface area contributed by atoms with Crippen molar-refractivity contribution in [3.05, 3.63) is 0 Å². The lowest BCUT2D eigenvalue weighted by Gasteiger charge is -2.26. The summed E-state index contributed by atoms with van der Waals surface area (Å²) in [6.45, 7) is -1.73. The van der Waals surface area contributed by atoms with Crippen molar-refractivity contribution in [1.29, 1.82) is 0 Å². The second-order valence-electron chi connectivity index (χ2n) is 5.47. The van der Waals surface area contributed by atoms with Gasteiger partial charge in [0.25, 0.3) is 0 Å². The van der Waals surface area contributed by atoms with Crippen LogP contribution in [0.1, 0.15) is 12.8 Å². The number of carboxylic acid groups (broad SMARTS) is 1. The smallest absolute Gasteiger partial charge is 0.406 e. The van der Waals surface area contributed by atoms with E-state index in [9.17, 15) is 32.7 Å². The molecular weight excluding hydrogens is 325 g/mol. The lowest BCUT2D eigenvalue weighted by Crippen LogP contribution is -2.56. The van der Waals surface area contributed by atoms with E-state index < -0.39 is 42.0 Å². The number of hydrogen-bond acceptors (Lipinski definition) is 4. The van der Waals surface area contributed by atoms with Crippen molar-refractivity contribution in [2.24, 2.45) is 5.92 Å². The number of likely N-dealkylation sites (tertiary alicyclic amines) is 1. The van der Waals surface area contributed by atoms with Gasteiger partial charge in [-0.3, -0.25) is 9.59 Å². The number of nitrogens with one attached hydrogen (secondary N) is 1. The summed E-state index contributed by atoms with van der Waals surface area (Å²) >= 11 is 1.38. The number of amides is 2. The standard InChI is InChI=1S/C12H15F3N2O4S/c13-12(14,15)5-17-4-7(3-8(17)18)9(19)16-11(10(20)21)1-2-22-6-11/h7H,1-6H2,(H,16,19)(H,20,21)/t7-,11+/m0/s1. The molecule has 0 saturated carbocycles. The van der Waals surface area contributed by atoms with E-state index in [2.05, 4.69) is 5.32 Å². The van der Waals surface area contributed by atoms with E-state index in [1.165, 1.54) is 11.8 Å². The van der Waals surface area contributed by atoms with E-state index in [0.717, 1.165) is 0 Å². The van der Waals surface area contributed by atoms with Gasteiger partial charge >= 0.3 is 12.1 Å². The van der Waals surface area contributed by atoms with Crippen LogP contribution in [-0.2, 0) is 14.4 Å². The van der Waals surface area contributed by atoms with Crippen LogP contribution in [0.5, 0.6) is 0 Å². The summed E-state index contributed by atoms with van der Waals surface area (Å²) in [7, 11) is 0. The Balaban J connectivity index is 1.99. The third kappa shape index (κ3) is 3.65. The van der Waals surface area contributed by atoms with Crippen molar-refractivity contribution >= 4 is 29.5 Å². The zero-order chi connectivity index (χ0) is 16.5. The minimum atomic E-state index is -4.52. The fraction of sp³-hybridized carbons (Fsp3) is 0.750. The number of aliphatic carboxylic acids is 1. The van der Waals surface area contributed by atoms with Crippen LogP contribution in [0.4, 0.5) is 13.2 Å². The molecule has 0 radical (unpaired) electrons. The number of carboxylic acids is 1. The average molecular weight is 340 g/mol. The van der Waals surface area contributed by atoms with Crippen LogP contribution >= 0.6 is 11.8 Å². The van der Waals surface area contributed by atoms with E-state index in [-0.39, 0.29) is 25.1 Å². The molecular formula is C12H15F3N2O4S. The molecule has 0 aromatic rings. The first kappa shape index (κ1) is 16.9. The van der Waals surface area contributed by atoms with Gasteiger partial charge in [0, 0.05) is 18.7 Å². The number of alkyl halides is 3. The van der Waals surface area contributed by atoms with E-state index in [1.54, 1.807) is 0 Å². The van der Waals surface area contributed by atoms with Crippen molar-refractivity contribution in [3.8, 4) is 0 Å². The summed E-state index contributed by atoms with van der Waals surface area (Å²) in [6.07, 6.45) is -4.60. The van der Waals surface area contributed by atoms with Gasteiger partial charge in [-0.1, -0.05) is 0 Å². The molecule has 2 N–H and O–H groups in total. The van der Waals surface area contributed by atoms with Crippen LogP contribution in [0.15, 0.2) is 0 Å². The highest BCUT2D eigenvalue weighted by atomic mass is 32.2. The highest BCUT2D eigenvalue weighted by Crippen LogP contribution is 2.30. The molecule has 124 valence electrons. The Bertz CT molecular complexity index is 491. The van der Waals surface area contributed by atoms with Crippen molar-refractivity contribution in [1.82, 2.24) is 10.2 Å². The van der Waals surface area contributed by atoms with Gasteiger partial charge < -0.3 is 15.3 Å². The molecule has 0 aliphatic carbocycles. The Morgan fingerprint density at radius 2 is 2.14 bits per heavy atom. The van der Waals surface area contributed by atoms with Gasteiger partial charge in [-0.25, -0.2) is 4.79 Å². The Morgan fingerprint density at radius 3 is 2.64 bits per heavy atom. The summed E-state index contributed by atoms with van der Waals surface area (Å²) in [5.74, 6) is -2.75. The van der Waals surface area contributed by atoms with Crippen LogP contribution in [0.2, 0.25) is 0 Å². The Morgan fingerprint density at radius 1 is 1.45 bits per heavy atom. The van der Waals surface area contributed by atoms with Gasteiger partial charge in [0.15, 0.2) is 0 Å². The molecule has 6 nitrogen and oxygen atoms in total. The van der Waals surface area contributed by atoms with Gasteiger partial charge in [-0.05, 0) is 12.2 Å². The van der Waals surface area contributed by atoms with Gasteiger partial charge in [0.2, 0.25) is 11.8 Å². The van der Waals surface area contributed by atoms with E-state index in [0.29, 0.717) is 10.7 Å². The molecule has 2 rings (SSSR count). The van der Waals surface area contributed by atoms with Crippen molar-refractivity contribution in [2.75, 3.05) is 24.6 Å². The molecule has 2 amide bonds. The number of carbonyl (C=O) groups is 3. The number of hydrogen-bond donors (Lipinski definition) is 2. The minimum Gasteiger partial charge on any atom is -0.479 e. The number of halogens is 3. The fourth-order valence-electron chi connectivity index (χ4n) is 2.54. The number of carbonyl (C=O) groups excluding carboxylic acids is 2. The maximum Gasteiger partial charge on any atom is 0.406 e. The van der Waals surface area contributed by atoms with Crippen molar-refractivity contribution in [3.63, 3.8) is 0 Å². The predicted molar refractivity (Wildman–Crippen MR) is 71.2 cm³/mol. The lowest BCUT2D eigenvalue weighted by atomic mass is 9.97. The predicted octanol–water partition coefficient (Wildman–Crippen LogP) is 0.474. The van der Waals surface area contributed by atoms with Crippen molar-refractivity contribution < 1.29 is 32.7 Å². The minimum absolute atomic E-state index is 0.209. The molecule has 0 aromatic heterocycles. The van der Waals surface area contributed by atoms with E-state index >= 15 is 0 Å². The van der Waals surface area contributed by atoms with Crippen LogP contribution < -0.4 is 5.32 Å². The topological polar surface area (TPSA) is 86.7 Å². The normalized spacial score (nSPS) is 29.0. The van der Waals surface area contributed by atoms with Gasteiger partial charge in [0.1, 0.15) is 12.1 Å². The molecule has 0 bridgehead atoms. The molecule has 2 fully saturated rings. The zero-order valence-electron chi connectivity index (χ0n) is 11.5. The first-order chi connectivity index (χ1) is 10.1. The molecule has 0 spiro atoms. The maximum absolute atomic E-state index is 12.3. The molecule has 2 aliphatic heterocycles. The van der Waals surface area contributed by atoms with Crippen LogP contribution in [0, 0.1) is 5.92 Å². The highest BCUT2D eigenvalue weighted by molar-refractivity contribution is 7.99. The molecule has 0 unspecified atom stereocenters. The largest absolute Gasteiger partial charge is 0.479 e. The molecule has 2 heterocycles. The Labute approximate surface area is 128 Å². The summed E-state index contributed by atoms with van der Waals surface area (Å²) < 4.78 is 37.0. The number of rotatable bonds is 4. The van der Waals surface area contributed by atoms with Gasteiger partial charge in [-0.15, -0.1) is 0 Å². The van der Waals surface area contributed by atoms with E-state index in [4.69, 9.17) is 0 Å². The Hall–Kier alpha value is -1.45. The van der Waals surface area contributed by atoms with Gasteiger partial charge in [-0.2, -0.15) is 24.9 Å².